The fourth-order valence-electron chi connectivity index (χ4n) is 3.32. The first kappa shape index (κ1) is 17.9. The molecular weight excluding hydrogens is 363 g/mol. The number of aromatic nitrogens is 1. The van der Waals surface area contributed by atoms with Crippen LogP contribution in [0, 0.1) is 5.82 Å². The molecule has 0 spiro atoms. The number of anilines is 2. The minimum atomic E-state index is -0.229. The molecule has 7 heteroatoms. The van der Waals surface area contributed by atoms with Crippen molar-refractivity contribution in [2.75, 3.05) is 36.4 Å². The summed E-state index contributed by atoms with van der Waals surface area (Å²) in [5.41, 5.74) is 1.92. The van der Waals surface area contributed by atoms with Crippen molar-refractivity contribution in [1.29, 1.82) is 0 Å². The van der Waals surface area contributed by atoms with Crippen LogP contribution in [-0.2, 0) is 4.79 Å². The Morgan fingerprint density at radius 1 is 1.11 bits per heavy atom. The molecule has 0 unspecified atom stereocenters. The van der Waals surface area contributed by atoms with E-state index in [9.17, 15) is 9.18 Å². The van der Waals surface area contributed by atoms with E-state index in [1.807, 2.05) is 31.2 Å². The van der Waals surface area contributed by atoms with Gasteiger partial charge in [-0.25, -0.2) is 9.37 Å². The summed E-state index contributed by atoms with van der Waals surface area (Å²) in [7, 11) is 0. The van der Waals surface area contributed by atoms with E-state index >= 15 is 0 Å². The lowest BCUT2D eigenvalue weighted by molar-refractivity contribution is -0.120. The predicted octanol–water partition coefficient (Wildman–Crippen LogP) is 3.58. The zero-order valence-corrected chi connectivity index (χ0v) is 15.9. The molecular formula is C20H21FN4OS. The van der Waals surface area contributed by atoms with Crippen molar-refractivity contribution in [3.05, 3.63) is 54.3 Å². The Morgan fingerprint density at radius 3 is 2.52 bits per heavy atom. The number of nitrogens with one attached hydrogen (secondary N) is 1. The molecule has 0 radical (unpaired) electrons. The summed E-state index contributed by atoms with van der Waals surface area (Å²) in [5.74, 6) is -0.262. The maximum atomic E-state index is 13.1. The molecule has 4 rings (SSSR count). The number of piperazine rings is 1. The van der Waals surface area contributed by atoms with Crippen LogP contribution in [0.25, 0.3) is 10.2 Å². The van der Waals surface area contributed by atoms with Crippen molar-refractivity contribution < 1.29 is 9.18 Å². The Hall–Kier alpha value is -2.51. The first-order valence-electron chi connectivity index (χ1n) is 9.01. The van der Waals surface area contributed by atoms with Gasteiger partial charge in [-0.2, -0.15) is 0 Å². The lowest BCUT2D eigenvalue weighted by Crippen LogP contribution is -2.52. The molecule has 2 heterocycles. The number of halogens is 1. The maximum absolute atomic E-state index is 13.1. The van der Waals surface area contributed by atoms with Gasteiger partial charge in [0.2, 0.25) is 5.91 Å². The van der Waals surface area contributed by atoms with Crippen molar-refractivity contribution in [3.63, 3.8) is 0 Å². The molecule has 1 fully saturated rings. The third-order valence-electron chi connectivity index (χ3n) is 4.96. The maximum Gasteiger partial charge on any atom is 0.243 e. The second kappa shape index (κ2) is 7.62. The summed E-state index contributed by atoms with van der Waals surface area (Å²) in [6.07, 6.45) is 0. The number of hydrogen-bond donors (Lipinski definition) is 1. The zero-order valence-electron chi connectivity index (χ0n) is 15.1. The third kappa shape index (κ3) is 3.94. The van der Waals surface area contributed by atoms with Crippen LogP contribution in [0.2, 0.25) is 0 Å². The van der Waals surface area contributed by atoms with Crippen molar-refractivity contribution >= 4 is 38.3 Å². The molecule has 0 bridgehead atoms. The Kier molecular flexibility index (Phi) is 5.05. The standard InChI is InChI=1S/C20H21FN4OS/c1-14(19(26)23-20-22-17-4-2-3-5-18(17)27-20)24-10-12-25(13-11-24)16-8-6-15(21)7-9-16/h2-9,14H,10-13H2,1H3,(H,22,23,26)/t14-/m1/s1. The highest BCUT2D eigenvalue weighted by molar-refractivity contribution is 7.22. The Balaban J connectivity index is 1.34. The molecule has 1 saturated heterocycles. The summed E-state index contributed by atoms with van der Waals surface area (Å²) in [6.45, 7) is 5.11. The van der Waals surface area contributed by atoms with Gasteiger partial charge in [-0.05, 0) is 43.3 Å². The van der Waals surface area contributed by atoms with E-state index < -0.39 is 0 Å². The molecule has 3 aromatic rings. The quantitative estimate of drug-likeness (QED) is 0.747. The second-order valence-corrected chi connectivity index (χ2v) is 7.68. The number of nitrogens with zero attached hydrogens (tertiary/aromatic N) is 3. The summed E-state index contributed by atoms with van der Waals surface area (Å²) in [4.78, 5) is 21.5. The van der Waals surface area contributed by atoms with E-state index in [1.165, 1.54) is 23.5 Å². The van der Waals surface area contributed by atoms with Crippen LogP contribution < -0.4 is 10.2 Å². The second-order valence-electron chi connectivity index (χ2n) is 6.65. The molecule has 1 aliphatic rings. The molecule has 2 aromatic carbocycles. The molecule has 0 aliphatic carbocycles. The SMILES string of the molecule is C[C@H](C(=O)Nc1nc2ccccc2s1)N1CCN(c2ccc(F)cc2)CC1. The van der Waals surface area contributed by atoms with E-state index in [0.29, 0.717) is 5.13 Å². The van der Waals surface area contributed by atoms with Gasteiger partial charge in [0.25, 0.3) is 0 Å². The summed E-state index contributed by atoms with van der Waals surface area (Å²) < 4.78 is 14.1. The summed E-state index contributed by atoms with van der Waals surface area (Å²) in [5, 5.41) is 3.59. The lowest BCUT2D eigenvalue weighted by atomic mass is 10.2. The topological polar surface area (TPSA) is 48.5 Å². The predicted molar refractivity (Wildman–Crippen MR) is 108 cm³/mol. The molecule has 27 heavy (non-hydrogen) atoms. The van der Waals surface area contributed by atoms with Gasteiger partial charge >= 0.3 is 0 Å². The molecule has 5 nitrogen and oxygen atoms in total. The van der Waals surface area contributed by atoms with E-state index in [1.54, 1.807) is 12.1 Å². The number of hydrogen-bond acceptors (Lipinski definition) is 5. The van der Waals surface area contributed by atoms with Gasteiger partial charge < -0.3 is 10.2 Å². The number of benzene rings is 2. The molecule has 140 valence electrons. The summed E-state index contributed by atoms with van der Waals surface area (Å²) in [6, 6.07) is 14.2. The zero-order chi connectivity index (χ0) is 18.8. The monoisotopic (exact) mass is 384 g/mol. The minimum Gasteiger partial charge on any atom is -0.369 e. The fraction of sp³-hybridized carbons (Fsp3) is 0.300. The third-order valence-corrected chi connectivity index (χ3v) is 5.91. The van der Waals surface area contributed by atoms with Gasteiger partial charge in [-0.3, -0.25) is 9.69 Å². The highest BCUT2D eigenvalue weighted by Crippen LogP contribution is 2.26. The van der Waals surface area contributed by atoms with Gasteiger partial charge in [-0.15, -0.1) is 0 Å². The van der Waals surface area contributed by atoms with Crippen molar-refractivity contribution in [1.82, 2.24) is 9.88 Å². The normalized spacial score (nSPS) is 16.4. The molecule has 1 amide bonds. The number of carbonyl (C=O) groups excluding carboxylic acids is 1. The van der Waals surface area contributed by atoms with Crippen molar-refractivity contribution in [2.24, 2.45) is 0 Å². The number of rotatable bonds is 4. The van der Waals surface area contributed by atoms with Gasteiger partial charge in [0.05, 0.1) is 16.3 Å². The number of para-hydroxylation sites is 1. The van der Waals surface area contributed by atoms with Crippen LogP contribution in [-0.4, -0.2) is 48.0 Å². The fourth-order valence-corrected chi connectivity index (χ4v) is 4.19. The van der Waals surface area contributed by atoms with Crippen molar-refractivity contribution in [3.8, 4) is 0 Å². The molecule has 1 atom stereocenters. The Labute approximate surface area is 161 Å². The van der Waals surface area contributed by atoms with Gasteiger partial charge in [0, 0.05) is 31.9 Å². The molecule has 0 saturated carbocycles. The highest BCUT2D eigenvalue weighted by Gasteiger charge is 2.26. The van der Waals surface area contributed by atoms with Crippen LogP contribution in [0.15, 0.2) is 48.5 Å². The number of amides is 1. The Morgan fingerprint density at radius 2 is 1.81 bits per heavy atom. The van der Waals surface area contributed by atoms with Crippen LogP contribution in [0.4, 0.5) is 15.2 Å². The lowest BCUT2D eigenvalue weighted by Gasteiger charge is -2.38. The van der Waals surface area contributed by atoms with Crippen LogP contribution >= 0.6 is 11.3 Å². The van der Waals surface area contributed by atoms with E-state index in [-0.39, 0.29) is 17.8 Å². The first-order valence-corrected chi connectivity index (χ1v) is 9.83. The average molecular weight is 384 g/mol. The molecule has 1 aromatic heterocycles. The van der Waals surface area contributed by atoms with Gasteiger partial charge in [0.1, 0.15) is 5.82 Å². The van der Waals surface area contributed by atoms with Gasteiger partial charge in [0.15, 0.2) is 5.13 Å². The van der Waals surface area contributed by atoms with E-state index in [4.69, 9.17) is 0 Å². The van der Waals surface area contributed by atoms with E-state index in [2.05, 4.69) is 20.1 Å². The highest BCUT2D eigenvalue weighted by atomic mass is 32.1. The van der Waals surface area contributed by atoms with Crippen LogP contribution in [0.5, 0.6) is 0 Å². The minimum absolute atomic E-state index is 0.0377. The van der Waals surface area contributed by atoms with Crippen LogP contribution in [0.3, 0.4) is 0 Å². The van der Waals surface area contributed by atoms with Gasteiger partial charge in [-0.1, -0.05) is 23.5 Å². The first-order chi connectivity index (χ1) is 13.1. The Bertz CT molecular complexity index is 902. The number of thiazole rings is 1. The largest absolute Gasteiger partial charge is 0.369 e. The van der Waals surface area contributed by atoms with Crippen molar-refractivity contribution in [2.45, 2.75) is 13.0 Å². The molecule has 1 N–H and O–H groups in total. The summed E-state index contributed by atoms with van der Waals surface area (Å²) >= 11 is 1.49. The van der Waals surface area contributed by atoms with Crippen LogP contribution in [0.1, 0.15) is 6.92 Å². The van der Waals surface area contributed by atoms with E-state index in [0.717, 1.165) is 42.1 Å². The number of carbonyl (C=O) groups is 1. The number of fused-ring (bicyclic) bond motifs is 1. The molecule has 1 aliphatic heterocycles. The smallest absolute Gasteiger partial charge is 0.243 e. The average Bonchev–Trinajstić information content (AvgIpc) is 3.10.